The Morgan fingerprint density at radius 3 is 2.58 bits per heavy atom. The van der Waals surface area contributed by atoms with Crippen molar-refractivity contribution >= 4 is 11.8 Å². The molecule has 3 rings (SSSR count). The summed E-state index contributed by atoms with van der Waals surface area (Å²) in [6.45, 7) is 3.82. The highest BCUT2D eigenvalue weighted by atomic mass is 16.7. The summed E-state index contributed by atoms with van der Waals surface area (Å²) in [5.41, 5.74) is 0. The Morgan fingerprint density at radius 2 is 1.89 bits per heavy atom. The summed E-state index contributed by atoms with van der Waals surface area (Å²) in [7, 11) is 0. The molecule has 2 aliphatic heterocycles. The molecular weight excluding hydrogens is 246 g/mol. The lowest BCUT2D eigenvalue weighted by Crippen LogP contribution is -2.41. The number of carbonyl (C=O) groups is 2. The Morgan fingerprint density at radius 1 is 1.21 bits per heavy atom. The lowest BCUT2D eigenvalue weighted by Gasteiger charge is -2.35. The zero-order valence-electron chi connectivity index (χ0n) is 11.4. The number of nitrogens with zero attached hydrogens (tertiary/aromatic N) is 1. The Labute approximate surface area is 113 Å². The van der Waals surface area contributed by atoms with Crippen LogP contribution in [-0.2, 0) is 19.1 Å². The number of unbranched alkanes of at least 4 members (excludes halogenated alkanes) is 1. The van der Waals surface area contributed by atoms with Crippen molar-refractivity contribution in [3.8, 4) is 0 Å². The van der Waals surface area contributed by atoms with Crippen LogP contribution in [0.2, 0.25) is 0 Å². The summed E-state index contributed by atoms with van der Waals surface area (Å²) < 4.78 is 11.4. The van der Waals surface area contributed by atoms with Crippen molar-refractivity contribution in [3.63, 3.8) is 0 Å². The number of carbonyl (C=O) groups excluding carboxylic acids is 2. The van der Waals surface area contributed by atoms with Gasteiger partial charge in [0.25, 0.3) is 0 Å². The van der Waals surface area contributed by atoms with Crippen molar-refractivity contribution in [2.24, 2.45) is 11.8 Å². The molecular formula is C14H21NO4. The van der Waals surface area contributed by atoms with Crippen LogP contribution in [0.5, 0.6) is 0 Å². The molecule has 106 valence electrons. The normalized spacial score (nSPS) is 33.2. The third-order valence-corrected chi connectivity index (χ3v) is 4.57. The van der Waals surface area contributed by atoms with Crippen molar-refractivity contribution in [1.29, 1.82) is 0 Å². The average molecular weight is 267 g/mol. The molecule has 5 heteroatoms. The van der Waals surface area contributed by atoms with Gasteiger partial charge in [0.1, 0.15) is 0 Å². The molecule has 2 amide bonds. The lowest BCUT2D eigenvalue weighted by atomic mass is 9.77. The van der Waals surface area contributed by atoms with Crippen LogP contribution in [0.25, 0.3) is 0 Å². The van der Waals surface area contributed by atoms with Crippen LogP contribution >= 0.6 is 0 Å². The van der Waals surface area contributed by atoms with Gasteiger partial charge in [-0.3, -0.25) is 14.5 Å². The Bertz CT molecular complexity index is 389. The van der Waals surface area contributed by atoms with Crippen LogP contribution in [0.15, 0.2) is 0 Å². The van der Waals surface area contributed by atoms with Crippen molar-refractivity contribution in [3.05, 3.63) is 0 Å². The van der Waals surface area contributed by atoms with E-state index in [2.05, 4.69) is 6.92 Å². The Balaban J connectivity index is 1.74. The van der Waals surface area contributed by atoms with E-state index in [4.69, 9.17) is 9.47 Å². The zero-order chi connectivity index (χ0) is 13.5. The van der Waals surface area contributed by atoms with E-state index in [9.17, 15) is 9.59 Å². The Kier molecular flexibility index (Phi) is 3.35. The summed E-state index contributed by atoms with van der Waals surface area (Å²) in [6, 6.07) is 0. The first-order valence-electron chi connectivity index (χ1n) is 7.30. The van der Waals surface area contributed by atoms with E-state index in [1.165, 1.54) is 4.90 Å². The fourth-order valence-corrected chi connectivity index (χ4v) is 3.52. The van der Waals surface area contributed by atoms with Gasteiger partial charge in [0.15, 0.2) is 5.79 Å². The van der Waals surface area contributed by atoms with Gasteiger partial charge in [-0.25, -0.2) is 0 Å². The molecule has 1 spiro atoms. The predicted octanol–water partition coefficient (Wildman–Crippen LogP) is 1.31. The van der Waals surface area contributed by atoms with Gasteiger partial charge in [-0.05, 0) is 12.8 Å². The van der Waals surface area contributed by atoms with Crippen LogP contribution in [-0.4, -0.2) is 42.3 Å². The molecule has 0 aromatic carbocycles. The average Bonchev–Trinajstić information content (AvgIpc) is 2.94. The molecule has 0 radical (unpaired) electrons. The quantitative estimate of drug-likeness (QED) is 0.724. The largest absolute Gasteiger partial charge is 0.348 e. The molecule has 0 N–H and O–H groups in total. The summed E-state index contributed by atoms with van der Waals surface area (Å²) >= 11 is 0. The number of rotatable bonds is 3. The maximum Gasteiger partial charge on any atom is 0.233 e. The van der Waals surface area contributed by atoms with Gasteiger partial charge in [0, 0.05) is 19.4 Å². The van der Waals surface area contributed by atoms with Crippen LogP contribution in [0, 0.1) is 11.8 Å². The molecule has 1 aliphatic carbocycles. The third-order valence-electron chi connectivity index (χ3n) is 4.57. The van der Waals surface area contributed by atoms with Crippen molar-refractivity contribution in [1.82, 2.24) is 4.90 Å². The van der Waals surface area contributed by atoms with Crippen LogP contribution in [0.1, 0.15) is 39.0 Å². The first kappa shape index (κ1) is 13.1. The smallest absolute Gasteiger partial charge is 0.233 e. The number of hydrogen-bond donors (Lipinski definition) is 0. The molecule has 2 atom stereocenters. The fourth-order valence-electron chi connectivity index (χ4n) is 3.52. The number of ether oxygens (including phenoxy) is 2. The molecule has 3 aliphatic rings. The molecule has 1 saturated carbocycles. The van der Waals surface area contributed by atoms with Crippen LogP contribution < -0.4 is 0 Å². The lowest BCUT2D eigenvalue weighted by molar-refractivity contribution is -0.193. The maximum absolute atomic E-state index is 12.4. The third kappa shape index (κ3) is 2.09. The van der Waals surface area contributed by atoms with Crippen LogP contribution in [0.3, 0.4) is 0 Å². The van der Waals surface area contributed by atoms with Crippen molar-refractivity contribution in [2.45, 2.75) is 44.8 Å². The molecule has 0 aromatic rings. The van der Waals surface area contributed by atoms with E-state index >= 15 is 0 Å². The van der Waals surface area contributed by atoms with E-state index < -0.39 is 5.79 Å². The standard InChI is InChI=1S/C14H21NO4/c1-2-3-6-15-12(16)10-4-5-14(18-7-8-19-14)9-11(10)13(15)17/h10-11H,2-9H2,1H3. The van der Waals surface area contributed by atoms with E-state index in [1.807, 2.05) is 0 Å². The number of hydrogen-bond acceptors (Lipinski definition) is 4. The Hall–Kier alpha value is -0.940. The maximum atomic E-state index is 12.4. The summed E-state index contributed by atoms with van der Waals surface area (Å²) in [4.78, 5) is 26.1. The van der Waals surface area contributed by atoms with E-state index in [0.717, 1.165) is 19.3 Å². The van der Waals surface area contributed by atoms with Gasteiger partial charge in [0.2, 0.25) is 11.8 Å². The number of likely N-dealkylation sites (tertiary alicyclic amines) is 1. The topological polar surface area (TPSA) is 55.8 Å². The monoisotopic (exact) mass is 267 g/mol. The fraction of sp³-hybridized carbons (Fsp3) is 0.857. The summed E-state index contributed by atoms with van der Waals surface area (Å²) in [6.07, 6.45) is 3.86. The zero-order valence-corrected chi connectivity index (χ0v) is 11.4. The number of fused-ring (bicyclic) bond motifs is 1. The molecule has 19 heavy (non-hydrogen) atoms. The first-order valence-corrected chi connectivity index (χ1v) is 7.30. The van der Waals surface area contributed by atoms with Crippen molar-refractivity contribution in [2.75, 3.05) is 19.8 Å². The predicted molar refractivity (Wildman–Crippen MR) is 67.1 cm³/mol. The minimum absolute atomic E-state index is 0.0124. The molecule has 2 saturated heterocycles. The highest BCUT2D eigenvalue weighted by molar-refractivity contribution is 6.05. The summed E-state index contributed by atoms with van der Waals surface area (Å²) in [5, 5.41) is 0. The second kappa shape index (κ2) is 4.87. The second-order valence-electron chi connectivity index (χ2n) is 5.75. The highest BCUT2D eigenvalue weighted by Gasteiger charge is 2.55. The number of imide groups is 1. The molecule has 2 heterocycles. The first-order chi connectivity index (χ1) is 9.17. The minimum atomic E-state index is -0.585. The van der Waals surface area contributed by atoms with E-state index in [-0.39, 0.29) is 23.7 Å². The van der Waals surface area contributed by atoms with E-state index in [1.54, 1.807) is 0 Å². The van der Waals surface area contributed by atoms with E-state index in [0.29, 0.717) is 32.6 Å². The molecule has 5 nitrogen and oxygen atoms in total. The van der Waals surface area contributed by atoms with Gasteiger partial charge < -0.3 is 9.47 Å². The molecule has 0 aromatic heterocycles. The van der Waals surface area contributed by atoms with Gasteiger partial charge >= 0.3 is 0 Å². The molecule has 3 fully saturated rings. The minimum Gasteiger partial charge on any atom is -0.348 e. The number of amides is 2. The van der Waals surface area contributed by atoms with Gasteiger partial charge in [-0.15, -0.1) is 0 Å². The molecule has 2 unspecified atom stereocenters. The second-order valence-corrected chi connectivity index (χ2v) is 5.75. The van der Waals surface area contributed by atoms with Gasteiger partial charge in [0.05, 0.1) is 25.0 Å². The van der Waals surface area contributed by atoms with Crippen LogP contribution in [0.4, 0.5) is 0 Å². The van der Waals surface area contributed by atoms with Gasteiger partial charge in [-0.1, -0.05) is 13.3 Å². The van der Waals surface area contributed by atoms with Gasteiger partial charge in [-0.2, -0.15) is 0 Å². The highest BCUT2D eigenvalue weighted by Crippen LogP contribution is 2.45. The molecule has 0 bridgehead atoms. The van der Waals surface area contributed by atoms with Crippen molar-refractivity contribution < 1.29 is 19.1 Å². The SMILES string of the molecule is CCCCN1C(=O)C2CCC3(CC2C1=O)OCCO3. The summed E-state index contributed by atoms with van der Waals surface area (Å²) in [5.74, 6) is -0.936.